The molecule has 0 heterocycles. The van der Waals surface area contributed by atoms with Crippen LogP contribution in [0.2, 0.25) is 18.1 Å². The van der Waals surface area contributed by atoms with Gasteiger partial charge in [0, 0.05) is 0 Å². The first-order valence-corrected chi connectivity index (χ1v) is 7.48. The van der Waals surface area contributed by atoms with Gasteiger partial charge in [0.15, 0.2) is 8.32 Å². The second-order valence-corrected chi connectivity index (χ2v) is 9.36. The molecule has 0 saturated carbocycles. The molecule has 0 aliphatic heterocycles. The van der Waals surface area contributed by atoms with Crippen molar-refractivity contribution in [1.82, 2.24) is 0 Å². The normalized spacial score (nSPS) is 15.5. The predicted octanol–water partition coefficient (Wildman–Crippen LogP) is 2.07. The van der Waals surface area contributed by atoms with Crippen molar-refractivity contribution in [2.45, 2.75) is 45.3 Å². The molecule has 78 valence electrons. The highest BCUT2D eigenvalue weighted by molar-refractivity contribution is 6.72. The highest BCUT2D eigenvalue weighted by Crippen LogP contribution is 2.41. The summed E-state index contributed by atoms with van der Waals surface area (Å²) in [5.41, 5.74) is 0. The lowest BCUT2D eigenvalue weighted by atomic mass is 9.98. The van der Waals surface area contributed by atoms with Gasteiger partial charge in [0.25, 0.3) is 0 Å². The fourth-order valence-corrected chi connectivity index (χ4v) is 1.91. The third-order valence-corrected chi connectivity index (χ3v) is 6.41. The third kappa shape index (κ3) is 3.48. The van der Waals surface area contributed by atoms with Crippen LogP contribution in [-0.4, -0.2) is 24.2 Å². The van der Waals surface area contributed by atoms with E-state index >= 15 is 0 Å². The first-order chi connectivity index (χ1) is 5.58. The second kappa shape index (κ2) is 3.80. The number of carbonyl (C=O) groups is 1. The zero-order valence-corrected chi connectivity index (χ0v) is 10.1. The van der Waals surface area contributed by atoms with Crippen molar-refractivity contribution < 1.29 is 14.7 Å². The van der Waals surface area contributed by atoms with Gasteiger partial charge in [-0.05, 0) is 24.6 Å². The van der Waals surface area contributed by atoms with Crippen molar-refractivity contribution in [2.75, 3.05) is 0 Å². The molecule has 2 N–H and O–H groups in total. The van der Waals surface area contributed by atoms with Crippen LogP contribution >= 0.6 is 0 Å². The van der Waals surface area contributed by atoms with Gasteiger partial charge in [0.2, 0.25) is 0 Å². The molecule has 0 spiro atoms. The Kier molecular flexibility index (Phi) is 3.69. The standard InChI is InChI=1S/C9H20O3Si/c1-7(8(10)11)6-9(2,3)13(4,5)12/h7,12H,6H2,1-5H3,(H,10,11)/t7-/m1/s1. The Hall–Kier alpha value is -0.353. The molecule has 4 heteroatoms. The fraction of sp³-hybridized carbons (Fsp3) is 0.889. The van der Waals surface area contributed by atoms with Crippen LogP contribution in [0.25, 0.3) is 0 Å². The van der Waals surface area contributed by atoms with E-state index in [1.54, 1.807) is 6.92 Å². The number of aliphatic carboxylic acids is 1. The van der Waals surface area contributed by atoms with Crippen LogP contribution in [0.3, 0.4) is 0 Å². The van der Waals surface area contributed by atoms with Crippen molar-refractivity contribution in [3.05, 3.63) is 0 Å². The molecule has 0 saturated heterocycles. The summed E-state index contributed by atoms with van der Waals surface area (Å²) in [5.74, 6) is -1.17. The van der Waals surface area contributed by atoms with Gasteiger partial charge < -0.3 is 9.90 Å². The van der Waals surface area contributed by atoms with Crippen LogP contribution in [0.5, 0.6) is 0 Å². The van der Waals surface area contributed by atoms with Crippen LogP contribution in [0.1, 0.15) is 27.2 Å². The molecule has 0 bridgehead atoms. The molecule has 0 rings (SSSR count). The van der Waals surface area contributed by atoms with E-state index in [9.17, 15) is 9.59 Å². The lowest BCUT2D eigenvalue weighted by molar-refractivity contribution is -0.141. The van der Waals surface area contributed by atoms with Crippen LogP contribution in [0.15, 0.2) is 0 Å². The summed E-state index contributed by atoms with van der Waals surface area (Å²) in [6, 6.07) is 0. The molecule has 0 radical (unpaired) electrons. The van der Waals surface area contributed by atoms with Crippen molar-refractivity contribution >= 4 is 14.3 Å². The van der Waals surface area contributed by atoms with Gasteiger partial charge >= 0.3 is 5.97 Å². The van der Waals surface area contributed by atoms with Gasteiger partial charge in [0.1, 0.15) is 0 Å². The number of carboxylic acid groups (broad SMARTS) is 1. The molecule has 0 aromatic rings. The average Bonchev–Trinajstić information content (AvgIpc) is 1.83. The molecule has 0 aliphatic rings. The Morgan fingerprint density at radius 3 is 2.08 bits per heavy atom. The molecule has 0 aliphatic carbocycles. The maximum atomic E-state index is 10.6. The largest absolute Gasteiger partial charge is 0.481 e. The molecule has 0 unspecified atom stereocenters. The summed E-state index contributed by atoms with van der Waals surface area (Å²) in [4.78, 5) is 20.6. The van der Waals surface area contributed by atoms with E-state index < -0.39 is 14.3 Å². The minimum absolute atomic E-state index is 0.245. The lowest BCUT2D eigenvalue weighted by Crippen LogP contribution is -2.40. The minimum atomic E-state index is -2.26. The highest BCUT2D eigenvalue weighted by Gasteiger charge is 2.39. The van der Waals surface area contributed by atoms with E-state index in [4.69, 9.17) is 5.11 Å². The van der Waals surface area contributed by atoms with Gasteiger partial charge in [-0.1, -0.05) is 20.8 Å². The Morgan fingerprint density at radius 1 is 1.46 bits per heavy atom. The SMILES string of the molecule is C[C@H](CC(C)(C)[Si](C)(C)O)C(=O)O. The molecular weight excluding hydrogens is 184 g/mol. The smallest absolute Gasteiger partial charge is 0.306 e. The molecule has 1 atom stereocenters. The van der Waals surface area contributed by atoms with E-state index in [1.165, 1.54) is 0 Å². The van der Waals surface area contributed by atoms with Crippen molar-refractivity contribution in [3.63, 3.8) is 0 Å². The lowest BCUT2D eigenvalue weighted by Gasteiger charge is -2.36. The zero-order valence-electron chi connectivity index (χ0n) is 9.09. The molecule has 0 fully saturated rings. The summed E-state index contributed by atoms with van der Waals surface area (Å²) in [7, 11) is -2.26. The zero-order chi connectivity index (χ0) is 10.9. The number of hydrogen-bond donors (Lipinski definition) is 2. The third-order valence-electron chi connectivity index (χ3n) is 2.89. The topological polar surface area (TPSA) is 57.5 Å². The summed E-state index contributed by atoms with van der Waals surface area (Å²) >= 11 is 0. The van der Waals surface area contributed by atoms with Crippen LogP contribution in [0.4, 0.5) is 0 Å². The highest BCUT2D eigenvalue weighted by atomic mass is 28.4. The minimum Gasteiger partial charge on any atom is -0.481 e. The van der Waals surface area contributed by atoms with Gasteiger partial charge in [-0.25, -0.2) is 0 Å². The Bertz CT molecular complexity index is 194. The van der Waals surface area contributed by atoms with Gasteiger partial charge in [-0.2, -0.15) is 0 Å². The Balaban J connectivity index is 4.43. The fourth-order valence-electron chi connectivity index (χ4n) is 1.10. The van der Waals surface area contributed by atoms with Gasteiger partial charge in [-0.15, -0.1) is 0 Å². The summed E-state index contributed by atoms with van der Waals surface area (Å²) in [5, 5.41) is 8.50. The van der Waals surface area contributed by atoms with E-state index in [0.717, 1.165) is 0 Å². The average molecular weight is 204 g/mol. The van der Waals surface area contributed by atoms with Crippen molar-refractivity contribution in [1.29, 1.82) is 0 Å². The molecule has 13 heavy (non-hydrogen) atoms. The summed E-state index contributed by atoms with van der Waals surface area (Å²) in [6.45, 7) is 9.27. The van der Waals surface area contributed by atoms with E-state index in [0.29, 0.717) is 6.42 Å². The molecule has 0 aromatic heterocycles. The maximum Gasteiger partial charge on any atom is 0.306 e. The van der Waals surface area contributed by atoms with Gasteiger partial charge in [0.05, 0.1) is 5.92 Å². The monoisotopic (exact) mass is 204 g/mol. The predicted molar refractivity (Wildman–Crippen MR) is 55.2 cm³/mol. The van der Waals surface area contributed by atoms with E-state index in [1.807, 2.05) is 26.9 Å². The molecule has 0 aromatic carbocycles. The van der Waals surface area contributed by atoms with E-state index in [2.05, 4.69) is 0 Å². The number of hydrogen-bond acceptors (Lipinski definition) is 2. The van der Waals surface area contributed by atoms with Crippen molar-refractivity contribution in [2.24, 2.45) is 5.92 Å². The van der Waals surface area contributed by atoms with E-state index in [-0.39, 0.29) is 11.0 Å². The first-order valence-electron chi connectivity index (χ1n) is 4.53. The van der Waals surface area contributed by atoms with Gasteiger partial charge in [-0.3, -0.25) is 4.79 Å². The number of carboxylic acids is 1. The Morgan fingerprint density at radius 2 is 1.85 bits per heavy atom. The Labute approximate surface area is 80.9 Å². The van der Waals surface area contributed by atoms with Crippen LogP contribution in [0, 0.1) is 5.92 Å². The first kappa shape index (κ1) is 12.6. The summed E-state index contributed by atoms with van der Waals surface area (Å²) in [6.07, 6.45) is 0.540. The molecule has 0 amide bonds. The molecular formula is C9H20O3Si. The molecule has 3 nitrogen and oxygen atoms in total. The number of rotatable bonds is 4. The second-order valence-electron chi connectivity index (χ2n) is 4.89. The maximum absolute atomic E-state index is 10.6. The van der Waals surface area contributed by atoms with Crippen LogP contribution in [-0.2, 0) is 4.79 Å². The van der Waals surface area contributed by atoms with Crippen LogP contribution < -0.4 is 0 Å². The van der Waals surface area contributed by atoms with Crippen molar-refractivity contribution in [3.8, 4) is 0 Å². The summed E-state index contributed by atoms with van der Waals surface area (Å²) < 4.78 is 0. The quantitative estimate of drug-likeness (QED) is 0.689.